The van der Waals surface area contributed by atoms with E-state index in [0.717, 1.165) is 16.9 Å². The van der Waals surface area contributed by atoms with Gasteiger partial charge in [0, 0.05) is 12.6 Å². The van der Waals surface area contributed by atoms with Crippen molar-refractivity contribution in [3.63, 3.8) is 0 Å². The molecule has 0 atom stereocenters. The molecule has 2 aromatic rings. The molecule has 0 saturated carbocycles. The van der Waals surface area contributed by atoms with Gasteiger partial charge in [0.05, 0.1) is 14.2 Å². The fourth-order valence-electron chi connectivity index (χ4n) is 2.61. The molecule has 0 aromatic heterocycles. The maximum Gasteiger partial charge on any atom is 0.244 e. The van der Waals surface area contributed by atoms with Crippen LogP contribution in [0.5, 0.6) is 23.0 Å². The van der Waals surface area contributed by atoms with E-state index in [9.17, 15) is 4.79 Å². The van der Waals surface area contributed by atoms with Crippen molar-refractivity contribution in [2.45, 2.75) is 6.42 Å². The molecule has 3 rings (SSSR count). The quantitative estimate of drug-likeness (QED) is 0.774. The third kappa shape index (κ3) is 4.27. The highest BCUT2D eigenvalue weighted by Gasteiger charge is 2.12. The van der Waals surface area contributed by atoms with E-state index in [4.69, 9.17) is 18.9 Å². The van der Waals surface area contributed by atoms with Crippen molar-refractivity contribution in [1.82, 2.24) is 5.32 Å². The van der Waals surface area contributed by atoms with Gasteiger partial charge in [-0.15, -0.1) is 0 Å². The number of fused-ring (bicyclic) bond motifs is 1. The molecule has 136 valence electrons. The maximum atomic E-state index is 12.0. The molecule has 6 nitrogen and oxygen atoms in total. The van der Waals surface area contributed by atoms with Gasteiger partial charge in [-0.05, 0) is 47.9 Å². The summed E-state index contributed by atoms with van der Waals surface area (Å²) in [4.78, 5) is 12.0. The lowest BCUT2D eigenvalue weighted by Gasteiger charge is -2.09. The summed E-state index contributed by atoms with van der Waals surface area (Å²) in [5.41, 5.74) is 1.94. The van der Waals surface area contributed by atoms with Crippen LogP contribution in [-0.2, 0) is 11.2 Å². The van der Waals surface area contributed by atoms with E-state index in [1.807, 2.05) is 36.4 Å². The number of methoxy groups -OCH3 is 2. The summed E-state index contributed by atoms with van der Waals surface area (Å²) in [7, 11) is 3.20. The molecular formula is C20H21NO5. The van der Waals surface area contributed by atoms with Gasteiger partial charge >= 0.3 is 0 Å². The van der Waals surface area contributed by atoms with Crippen LogP contribution in [-0.4, -0.2) is 33.5 Å². The van der Waals surface area contributed by atoms with E-state index in [2.05, 4.69) is 5.32 Å². The molecule has 0 radical (unpaired) electrons. The minimum absolute atomic E-state index is 0.150. The molecule has 1 aliphatic rings. The Labute approximate surface area is 152 Å². The monoisotopic (exact) mass is 355 g/mol. The summed E-state index contributed by atoms with van der Waals surface area (Å²) in [5, 5.41) is 2.87. The largest absolute Gasteiger partial charge is 0.493 e. The standard InChI is InChI=1S/C20H21NO5/c1-23-16-6-3-15(11-18(16)24-2)9-10-21-20(22)8-5-14-4-7-17-19(12-14)26-13-25-17/h3-8,11-12H,9-10,13H2,1-2H3,(H,21,22). The Balaban J connectivity index is 1.50. The molecule has 1 aliphatic heterocycles. The van der Waals surface area contributed by atoms with Crippen LogP contribution in [0.2, 0.25) is 0 Å². The van der Waals surface area contributed by atoms with Crippen molar-refractivity contribution < 1.29 is 23.7 Å². The van der Waals surface area contributed by atoms with Crippen molar-refractivity contribution in [3.8, 4) is 23.0 Å². The second-order valence-corrected chi connectivity index (χ2v) is 5.68. The molecule has 0 unspecified atom stereocenters. The molecule has 6 heteroatoms. The number of nitrogens with one attached hydrogen (secondary N) is 1. The Morgan fingerprint density at radius 2 is 1.88 bits per heavy atom. The van der Waals surface area contributed by atoms with E-state index < -0.39 is 0 Å². The molecule has 0 spiro atoms. The van der Waals surface area contributed by atoms with Crippen molar-refractivity contribution in [1.29, 1.82) is 0 Å². The summed E-state index contributed by atoms with van der Waals surface area (Å²) in [6.07, 6.45) is 3.95. The first kappa shape index (κ1) is 17.7. The lowest BCUT2D eigenvalue weighted by Crippen LogP contribution is -2.23. The third-order valence-electron chi connectivity index (χ3n) is 3.98. The lowest BCUT2D eigenvalue weighted by atomic mass is 10.1. The SMILES string of the molecule is COc1ccc(CCNC(=O)C=Cc2ccc3c(c2)OCO3)cc1OC. The van der Waals surface area contributed by atoms with Gasteiger partial charge in [-0.1, -0.05) is 12.1 Å². The van der Waals surface area contributed by atoms with Crippen LogP contribution in [0.25, 0.3) is 6.08 Å². The summed E-state index contributed by atoms with van der Waals surface area (Å²) in [6, 6.07) is 11.3. The summed E-state index contributed by atoms with van der Waals surface area (Å²) in [6.45, 7) is 0.763. The van der Waals surface area contributed by atoms with E-state index in [0.29, 0.717) is 30.2 Å². The van der Waals surface area contributed by atoms with Gasteiger partial charge in [0.25, 0.3) is 0 Å². The van der Waals surface area contributed by atoms with E-state index >= 15 is 0 Å². The van der Waals surface area contributed by atoms with E-state index in [-0.39, 0.29) is 12.7 Å². The average Bonchev–Trinajstić information content (AvgIpc) is 3.14. The van der Waals surface area contributed by atoms with Gasteiger partial charge in [-0.25, -0.2) is 0 Å². The Bertz CT molecular complexity index is 816. The first-order valence-corrected chi connectivity index (χ1v) is 8.26. The topological polar surface area (TPSA) is 66.0 Å². The van der Waals surface area contributed by atoms with Gasteiger partial charge in [-0.3, -0.25) is 4.79 Å². The van der Waals surface area contributed by atoms with E-state index in [1.165, 1.54) is 6.08 Å². The number of carbonyl (C=O) groups excluding carboxylic acids is 1. The predicted molar refractivity (Wildman–Crippen MR) is 97.9 cm³/mol. The minimum Gasteiger partial charge on any atom is -0.493 e. The highest BCUT2D eigenvalue weighted by Crippen LogP contribution is 2.32. The van der Waals surface area contributed by atoms with Gasteiger partial charge in [0.1, 0.15) is 0 Å². The molecular weight excluding hydrogens is 334 g/mol. The third-order valence-corrected chi connectivity index (χ3v) is 3.98. The highest BCUT2D eigenvalue weighted by atomic mass is 16.7. The summed E-state index contributed by atoms with van der Waals surface area (Å²) in [5.74, 6) is 2.64. The molecule has 1 heterocycles. The van der Waals surface area contributed by atoms with Crippen LogP contribution in [0.4, 0.5) is 0 Å². The number of hydrogen-bond donors (Lipinski definition) is 1. The fraction of sp³-hybridized carbons (Fsp3) is 0.250. The van der Waals surface area contributed by atoms with Crippen LogP contribution >= 0.6 is 0 Å². The van der Waals surface area contributed by atoms with Crippen LogP contribution in [0.15, 0.2) is 42.5 Å². The van der Waals surface area contributed by atoms with Crippen LogP contribution < -0.4 is 24.3 Å². The Morgan fingerprint density at radius 3 is 2.69 bits per heavy atom. The molecule has 26 heavy (non-hydrogen) atoms. The lowest BCUT2D eigenvalue weighted by molar-refractivity contribution is -0.116. The fourth-order valence-corrected chi connectivity index (χ4v) is 2.61. The zero-order chi connectivity index (χ0) is 18.4. The second-order valence-electron chi connectivity index (χ2n) is 5.68. The number of carbonyl (C=O) groups is 1. The highest BCUT2D eigenvalue weighted by molar-refractivity contribution is 5.91. The molecule has 0 bridgehead atoms. The average molecular weight is 355 g/mol. The van der Waals surface area contributed by atoms with Crippen LogP contribution in [0.1, 0.15) is 11.1 Å². The minimum atomic E-state index is -0.150. The first-order chi connectivity index (χ1) is 12.7. The summed E-state index contributed by atoms with van der Waals surface area (Å²) >= 11 is 0. The van der Waals surface area contributed by atoms with Crippen LogP contribution in [0.3, 0.4) is 0 Å². The Hall–Kier alpha value is -3.15. The maximum absolute atomic E-state index is 12.0. The van der Waals surface area contributed by atoms with Crippen molar-refractivity contribution >= 4 is 12.0 Å². The van der Waals surface area contributed by atoms with Gasteiger partial charge in [0.2, 0.25) is 12.7 Å². The summed E-state index contributed by atoms with van der Waals surface area (Å²) < 4.78 is 21.1. The molecule has 1 amide bonds. The van der Waals surface area contributed by atoms with Gasteiger partial charge in [-0.2, -0.15) is 0 Å². The van der Waals surface area contributed by atoms with Crippen molar-refractivity contribution in [3.05, 3.63) is 53.6 Å². The first-order valence-electron chi connectivity index (χ1n) is 8.26. The van der Waals surface area contributed by atoms with Crippen molar-refractivity contribution in [2.75, 3.05) is 27.6 Å². The molecule has 1 N–H and O–H groups in total. The van der Waals surface area contributed by atoms with E-state index in [1.54, 1.807) is 20.3 Å². The zero-order valence-electron chi connectivity index (χ0n) is 14.8. The second kappa shape index (κ2) is 8.29. The normalized spacial score (nSPS) is 12.2. The predicted octanol–water partition coefficient (Wildman–Crippen LogP) is 2.80. The number of amides is 1. The molecule has 0 aliphatic carbocycles. The number of ether oxygens (including phenoxy) is 4. The van der Waals surface area contributed by atoms with Gasteiger partial charge < -0.3 is 24.3 Å². The van der Waals surface area contributed by atoms with Crippen molar-refractivity contribution in [2.24, 2.45) is 0 Å². The number of benzene rings is 2. The smallest absolute Gasteiger partial charge is 0.244 e. The number of rotatable bonds is 7. The Kier molecular flexibility index (Phi) is 5.63. The molecule has 0 fully saturated rings. The Morgan fingerprint density at radius 1 is 1.08 bits per heavy atom. The molecule has 0 saturated heterocycles. The van der Waals surface area contributed by atoms with Crippen LogP contribution in [0, 0.1) is 0 Å². The number of hydrogen-bond acceptors (Lipinski definition) is 5. The molecule has 2 aromatic carbocycles. The van der Waals surface area contributed by atoms with Gasteiger partial charge in [0.15, 0.2) is 23.0 Å². The zero-order valence-corrected chi connectivity index (χ0v) is 14.8.